The maximum Gasteiger partial charge on any atom is 0.228 e. The Morgan fingerprint density at radius 1 is 1.19 bits per heavy atom. The number of hydrazine groups is 1. The molecule has 1 heterocycles. The summed E-state index contributed by atoms with van der Waals surface area (Å²) in [5.41, 5.74) is 4.07. The van der Waals surface area contributed by atoms with Gasteiger partial charge < -0.3 is 10.1 Å². The molecule has 0 amide bonds. The van der Waals surface area contributed by atoms with Crippen molar-refractivity contribution in [2.24, 2.45) is 5.84 Å². The zero-order chi connectivity index (χ0) is 14.8. The van der Waals surface area contributed by atoms with Gasteiger partial charge in [0.2, 0.25) is 5.88 Å². The summed E-state index contributed by atoms with van der Waals surface area (Å²) in [6.07, 6.45) is 0.765. The van der Waals surface area contributed by atoms with Gasteiger partial charge in [-0.2, -0.15) is 0 Å². The fourth-order valence-corrected chi connectivity index (χ4v) is 2.53. The lowest BCUT2D eigenvalue weighted by Gasteiger charge is -2.22. The quantitative estimate of drug-likeness (QED) is 0.517. The average molecular weight is 302 g/mol. The molecule has 0 saturated heterocycles. The molecule has 3 N–H and O–H groups in total. The Balaban J connectivity index is 1.92. The van der Waals surface area contributed by atoms with Crippen LogP contribution in [0.2, 0.25) is 5.02 Å². The highest BCUT2D eigenvalue weighted by molar-refractivity contribution is 6.30. The Bertz CT molecular complexity index is 655. The zero-order valence-corrected chi connectivity index (χ0v) is 12.4. The molecule has 108 valence electrons. The lowest BCUT2D eigenvalue weighted by molar-refractivity contribution is 0.274. The van der Waals surface area contributed by atoms with Gasteiger partial charge in [0.25, 0.3) is 0 Å². The van der Waals surface area contributed by atoms with Gasteiger partial charge in [-0.05, 0) is 35.9 Å². The number of anilines is 2. The van der Waals surface area contributed by atoms with E-state index < -0.39 is 0 Å². The van der Waals surface area contributed by atoms with Crippen LogP contribution in [0.15, 0.2) is 60.1 Å². The largest absolute Gasteiger partial charge is 0.480 e. The van der Waals surface area contributed by atoms with Crippen LogP contribution in [0.1, 0.15) is 5.56 Å². The maximum atomic E-state index is 6.18. The highest BCUT2D eigenvalue weighted by Gasteiger charge is 2.22. The smallest absolute Gasteiger partial charge is 0.228 e. The fourth-order valence-electron chi connectivity index (χ4n) is 2.41. The first-order chi connectivity index (χ1) is 10.2. The number of hydrogen-bond donors (Lipinski definition) is 2. The molecule has 2 aromatic rings. The van der Waals surface area contributed by atoms with Crippen molar-refractivity contribution >= 4 is 23.0 Å². The van der Waals surface area contributed by atoms with E-state index in [9.17, 15) is 0 Å². The number of nitrogens with zero attached hydrogens (tertiary/aromatic N) is 1. The molecule has 0 unspecified atom stereocenters. The lowest BCUT2D eigenvalue weighted by Crippen LogP contribution is -2.32. The van der Waals surface area contributed by atoms with Crippen LogP contribution in [0.3, 0.4) is 0 Å². The van der Waals surface area contributed by atoms with E-state index in [0.717, 1.165) is 23.5 Å². The number of ether oxygens (including phenoxy) is 1. The van der Waals surface area contributed by atoms with Crippen molar-refractivity contribution in [3.05, 3.63) is 70.7 Å². The summed E-state index contributed by atoms with van der Waals surface area (Å²) in [6.45, 7) is 0. The van der Waals surface area contributed by atoms with Crippen LogP contribution in [0, 0.1) is 0 Å². The van der Waals surface area contributed by atoms with Gasteiger partial charge in [-0.3, -0.25) is 0 Å². The van der Waals surface area contributed by atoms with Crippen molar-refractivity contribution in [3.63, 3.8) is 0 Å². The zero-order valence-electron chi connectivity index (χ0n) is 11.6. The van der Waals surface area contributed by atoms with Crippen molar-refractivity contribution in [1.82, 2.24) is 0 Å². The number of para-hydroxylation sites is 1. The standard InChI is InChI=1S/C16H16ClN3O/c1-21-16(20(18)13-8-6-12(17)7-9-13)15-10-11-4-2-3-5-14(11)19-15/h2-9,19H,10,18H2,1H3/b16-15+. The van der Waals surface area contributed by atoms with Crippen molar-refractivity contribution in [2.75, 3.05) is 17.4 Å². The summed E-state index contributed by atoms with van der Waals surface area (Å²) in [5.74, 6) is 6.77. The fraction of sp³-hybridized carbons (Fsp3) is 0.125. The molecule has 0 aliphatic carbocycles. The summed E-state index contributed by atoms with van der Waals surface area (Å²) >= 11 is 5.90. The molecule has 0 spiro atoms. The Morgan fingerprint density at radius 3 is 2.57 bits per heavy atom. The molecule has 0 atom stereocenters. The lowest BCUT2D eigenvalue weighted by atomic mass is 10.1. The Labute approximate surface area is 128 Å². The minimum Gasteiger partial charge on any atom is -0.480 e. The number of nitrogens with two attached hydrogens (primary N) is 1. The van der Waals surface area contributed by atoms with Crippen molar-refractivity contribution in [2.45, 2.75) is 6.42 Å². The van der Waals surface area contributed by atoms with E-state index in [1.54, 1.807) is 19.2 Å². The van der Waals surface area contributed by atoms with E-state index in [2.05, 4.69) is 11.4 Å². The molecule has 2 aromatic carbocycles. The maximum absolute atomic E-state index is 6.18. The minimum absolute atomic E-state index is 0.591. The predicted molar refractivity (Wildman–Crippen MR) is 85.9 cm³/mol. The van der Waals surface area contributed by atoms with Crippen molar-refractivity contribution in [3.8, 4) is 0 Å². The summed E-state index contributed by atoms with van der Waals surface area (Å²) in [6, 6.07) is 15.4. The molecule has 0 bridgehead atoms. The number of halogens is 1. The molecule has 0 saturated carbocycles. The first kappa shape index (κ1) is 13.8. The summed E-state index contributed by atoms with van der Waals surface area (Å²) in [5, 5.41) is 5.54. The summed E-state index contributed by atoms with van der Waals surface area (Å²) in [4.78, 5) is 0. The van der Waals surface area contributed by atoms with E-state index in [4.69, 9.17) is 22.2 Å². The third-order valence-corrected chi connectivity index (χ3v) is 3.70. The summed E-state index contributed by atoms with van der Waals surface area (Å²) < 4.78 is 5.50. The third kappa shape index (κ3) is 2.68. The number of methoxy groups -OCH3 is 1. The number of rotatable bonds is 3. The van der Waals surface area contributed by atoms with E-state index in [0.29, 0.717) is 10.9 Å². The number of hydrogen-bond acceptors (Lipinski definition) is 4. The SMILES string of the molecule is CO/C(=C1\Cc2ccccc2N1)N(N)c1ccc(Cl)cc1. The molecule has 4 nitrogen and oxygen atoms in total. The molecular weight excluding hydrogens is 286 g/mol. The van der Waals surface area contributed by atoms with Crippen LogP contribution < -0.4 is 16.2 Å². The van der Waals surface area contributed by atoms with Crippen LogP contribution in [-0.4, -0.2) is 7.11 Å². The first-order valence-corrected chi connectivity index (χ1v) is 6.99. The van der Waals surface area contributed by atoms with Gasteiger partial charge in [0.05, 0.1) is 18.5 Å². The van der Waals surface area contributed by atoms with Gasteiger partial charge in [-0.25, -0.2) is 10.9 Å². The molecule has 21 heavy (non-hydrogen) atoms. The summed E-state index contributed by atoms with van der Waals surface area (Å²) in [7, 11) is 1.61. The van der Waals surface area contributed by atoms with Gasteiger partial charge in [0.1, 0.15) is 0 Å². The highest BCUT2D eigenvalue weighted by Crippen LogP contribution is 2.31. The number of benzene rings is 2. The number of nitrogens with one attached hydrogen (secondary N) is 1. The number of allylic oxidation sites excluding steroid dienone is 1. The van der Waals surface area contributed by atoms with Crippen LogP contribution in [0.4, 0.5) is 11.4 Å². The van der Waals surface area contributed by atoms with Crippen LogP contribution >= 0.6 is 11.6 Å². The topological polar surface area (TPSA) is 50.5 Å². The monoisotopic (exact) mass is 301 g/mol. The second-order valence-corrected chi connectivity index (χ2v) is 5.23. The molecule has 0 radical (unpaired) electrons. The Morgan fingerprint density at radius 2 is 1.90 bits per heavy atom. The van der Waals surface area contributed by atoms with Gasteiger partial charge in [-0.1, -0.05) is 29.8 Å². The van der Waals surface area contributed by atoms with Crippen LogP contribution in [-0.2, 0) is 11.2 Å². The van der Waals surface area contributed by atoms with E-state index in [-0.39, 0.29) is 0 Å². The first-order valence-electron chi connectivity index (χ1n) is 6.61. The van der Waals surface area contributed by atoms with E-state index in [1.165, 1.54) is 10.6 Å². The van der Waals surface area contributed by atoms with Gasteiger partial charge >= 0.3 is 0 Å². The van der Waals surface area contributed by atoms with Gasteiger partial charge in [-0.15, -0.1) is 0 Å². The molecule has 1 aliphatic rings. The van der Waals surface area contributed by atoms with Crippen molar-refractivity contribution < 1.29 is 4.74 Å². The molecule has 0 fully saturated rings. The highest BCUT2D eigenvalue weighted by atomic mass is 35.5. The Kier molecular flexibility index (Phi) is 3.73. The van der Waals surface area contributed by atoms with E-state index in [1.807, 2.05) is 30.3 Å². The minimum atomic E-state index is 0.591. The second kappa shape index (κ2) is 5.68. The normalized spacial score (nSPS) is 15.2. The molecular formula is C16H16ClN3O. The van der Waals surface area contributed by atoms with Crippen LogP contribution in [0.25, 0.3) is 0 Å². The predicted octanol–water partition coefficient (Wildman–Crippen LogP) is 3.50. The molecule has 0 aromatic heterocycles. The number of fused-ring (bicyclic) bond motifs is 1. The molecule has 1 aliphatic heterocycles. The van der Waals surface area contributed by atoms with Gasteiger partial charge in [0, 0.05) is 17.1 Å². The molecule has 5 heteroatoms. The van der Waals surface area contributed by atoms with Crippen LogP contribution in [0.5, 0.6) is 0 Å². The van der Waals surface area contributed by atoms with Crippen molar-refractivity contribution in [1.29, 1.82) is 0 Å². The molecule has 3 rings (SSSR count). The average Bonchev–Trinajstić information content (AvgIpc) is 2.92. The second-order valence-electron chi connectivity index (χ2n) is 4.79. The third-order valence-electron chi connectivity index (χ3n) is 3.45. The van der Waals surface area contributed by atoms with Gasteiger partial charge in [0.15, 0.2) is 0 Å². The van der Waals surface area contributed by atoms with E-state index >= 15 is 0 Å². The Hall–Kier alpha value is -2.17.